The van der Waals surface area contributed by atoms with E-state index in [2.05, 4.69) is 0 Å². The summed E-state index contributed by atoms with van der Waals surface area (Å²) < 4.78 is 5.27. The molecule has 3 aromatic rings. The van der Waals surface area contributed by atoms with Gasteiger partial charge in [0.05, 0.1) is 11.1 Å². The molecule has 1 aliphatic rings. The minimum Gasteiger partial charge on any atom is -0.456 e. The van der Waals surface area contributed by atoms with Crippen molar-refractivity contribution >= 4 is 23.6 Å². The van der Waals surface area contributed by atoms with Gasteiger partial charge in [-0.25, -0.2) is 4.79 Å². The number of nitrogens with zero attached hydrogens (tertiary/aromatic N) is 1. The zero-order valence-electron chi connectivity index (χ0n) is 16.6. The van der Waals surface area contributed by atoms with Gasteiger partial charge in [-0.15, -0.1) is 0 Å². The number of amides is 2. The molecular formula is C25H19NO5. The van der Waals surface area contributed by atoms with Crippen LogP contribution in [0.2, 0.25) is 0 Å². The normalized spacial score (nSPS) is 13.6. The van der Waals surface area contributed by atoms with Crippen LogP contribution in [0.15, 0.2) is 84.9 Å². The first-order valence-corrected chi connectivity index (χ1v) is 9.82. The first kappa shape index (κ1) is 20.2. The van der Waals surface area contributed by atoms with E-state index in [1.807, 2.05) is 6.07 Å². The second-order valence-corrected chi connectivity index (χ2v) is 7.13. The SMILES string of the molecule is O=C(COC(=O)C(Cc1ccccc1)N1C(=O)c2ccccc2C1=O)c1ccccc1. The van der Waals surface area contributed by atoms with E-state index in [1.165, 1.54) is 0 Å². The molecule has 6 nitrogen and oxygen atoms in total. The predicted octanol–water partition coefficient (Wildman–Crippen LogP) is 3.32. The predicted molar refractivity (Wildman–Crippen MR) is 113 cm³/mol. The van der Waals surface area contributed by atoms with Gasteiger partial charge in [0.2, 0.25) is 0 Å². The van der Waals surface area contributed by atoms with E-state index >= 15 is 0 Å². The number of hydrogen-bond donors (Lipinski definition) is 0. The van der Waals surface area contributed by atoms with Crippen LogP contribution in [0.25, 0.3) is 0 Å². The smallest absolute Gasteiger partial charge is 0.330 e. The summed E-state index contributed by atoms with van der Waals surface area (Å²) in [5.41, 5.74) is 1.67. The fraction of sp³-hybridized carbons (Fsp3) is 0.120. The van der Waals surface area contributed by atoms with Gasteiger partial charge in [0.15, 0.2) is 12.4 Å². The second kappa shape index (κ2) is 8.75. The molecule has 1 atom stereocenters. The summed E-state index contributed by atoms with van der Waals surface area (Å²) in [6.07, 6.45) is 0.0880. The van der Waals surface area contributed by atoms with E-state index in [0.717, 1.165) is 10.5 Å². The Hall–Kier alpha value is -4.06. The lowest BCUT2D eigenvalue weighted by Gasteiger charge is -2.24. The van der Waals surface area contributed by atoms with Gasteiger partial charge in [-0.1, -0.05) is 72.8 Å². The number of Topliss-reactive ketones (excluding diaryl/α,β-unsaturated/α-hetero) is 1. The third-order valence-corrected chi connectivity index (χ3v) is 5.12. The Morgan fingerprint density at radius 3 is 1.84 bits per heavy atom. The summed E-state index contributed by atoms with van der Waals surface area (Å²) in [5.74, 6) is -2.27. The van der Waals surface area contributed by atoms with Gasteiger partial charge in [-0.3, -0.25) is 19.3 Å². The maximum Gasteiger partial charge on any atom is 0.330 e. The Morgan fingerprint density at radius 1 is 0.742 bits per heavy atom. The number of ketones is 1. The summed E-state index contributed by atoms with van der Waals surface area (Å²) in [4.78, 5) is 52.1. The number of rotatable bonds is 7. The molecule has 0 N–H and O–H groups in total. The van der Waals surface area contributed by atoms with Crippen LogP contribution in [0, 0.1) is 0 Å². The van der Waals surface area contributed by atoms with Gasteiger partial charge in [0.25, 0.3) is 11.8 Å². The molecule has 154 valence electrons. The minimum atomic E-state index is -1.18. The van der Waals surface area contributed by atoms with Gasteiger partial charge in [-0.2, -0.15) is 0 Å². The van der Waals surface area contributed by atoms with E-state index in [9.17, 15) is 19.2 Å². The van der Waals surface area contributed by atoms with Gasteiger partial charge in [0, 0.05) is 12.0 Å². The van der Waals surface area contributed by atoms with Crippen molar-refractivity contribution in [2.75, 3.05) is 6.61 Å². The standard InChI is InChI=1S/C25H19NO5/c27-22(18-11-5-2-6-12-18)16-31-25(30)21(15-17-9-3-1-4-10-17)26-23(28)19-13-7-8-14-20(19)24(26)29/h1-14,21H,15-16H2. The van der Waals surface area contributed by atoms with Crippen molar-refractivity contribution < 1.29 is 23.9 Å². The molecule has 0 spiro atoms. The highest BCUT2D eigenvalue weighted by molar-refractivity contribution is 6.22. The molecule has 0 saturated carbocycles. The molecule has 31 heavy (non-hydrogen) atoms. The zero-order chi connectivity index (χ0) is 21.8. The largest absolute Gasteiger partial charge is 0.456 e. The van der Waals surface area contributed by atoms with Gasteiger partial charge >= 0.3 is 5.97 Å². The minimum absolute atomic E-state index is 0.0880. The number of benzene rings is 3. The number of ether oxygens (including phenoxy) is 1. The van der Waals surface area contributed by atoms with Crippen LogP contribution in [0.4, 0.5) is 0 Å². The number of carbonyl (C=O) groups is 4. The lowest BCUT2D eigenvalue weighted by atomic mass is 10.0. The molecule has 1 unspecified atom stereocenters. The summed E-state index contributed by atoms with van der Waals surface area (Å²) in [7, 11) is 0. The van der Waals surface area contributed by atoms with Crippen molar-refractivity contribution in [1.82, 2.24) is 4.90 Å². The molecule has 0 bridgehead atoms. The summed E-state index contributed by atoms with van der Waals surface area (Å²) in [6, 6.07) is 22.8. The van der Waals surface area contributed by atoms with Crippen molar-refractivity contribution in [3.63, 3.8) is 0 Å². The molecular weight excluding hydrogens is 394 g/mol. The maximum absolute atomic E-state index is 13.0. The van der Waals surface area contributed by atoms with E-state index in [-0.39, 0.29) is 23.3 Å². The molecule has 4 rings (SSSR count). The number of carbonyl (C=O) groups excluding carboxylic acids is 4. The third-order valence-electron chi connectivity index (χ3n) is 5.12. The zero-order valence-corrected chi connectivity index (χ0v) is 16.6. The Bertz CT molecular complexity index is 1110. The number of fused-ring (bicyclic) bond motifs is 1. The lowest BCUT2D eigenvalue weighted by Crippen LogP contribution is -2.47. The molecule has 1 aliphatic heterocycles. The first-order valence-electron chi connectivity index (χ1n) is 9.82. The van der Waals surface area contributed by atoms with Crippen molar-refractivity contribution in [2.45, 2.75) is 12.5 Å². The molecule has 3 aromatic carbocycles. The van der Waals surface area contributed by atoms with Gasteiger partial charge in [0.1, 0.15) is 6.04 Å². The molecule has 6 heteroatoms. The highest BCUT2D eigenvalue weighted by Gasteiger charge is 2.43. The van der Waals surface area contributed by atoms with E-state index < -0.39 is 30.4 Å². The molecule has 0 saturated heterocycles. The van der Waals surface area contributed by atoms with Crippen LogP contribution < -0.4 is 0 Å². The van der Waals surface area contributed by atoms with Crippen LogP contribution in [0.5, 0.6) is 0 Å². The van der Waals surface area contributed by atoms with Crippen molar-refractivity contribution in [2.24, 2.45) is 0 Å². The van der Waals surface area contributed by atoms with Crippen LogP contribution in [-0.4, -0.2) is 41.1 Å². The average molecular weight is 413 g/mol. The van der Waals surface area contributed by atoms with E-state index in [4.69, 9.17) is 4.74 Å². The summed E-state index contributed by atoms with van der Waals surface area (Å²) >= 11 is 0. The van der Waals surface area contributed by atoms with Crippen LogP contribution in [0.3, 0.4) is 0 Å². The van der Waals surface area contributed by atoms with E-state index in [1.54, 1.807) is 78.9 Å². The van der Waals surface area contributed by atoms with Crippen LogP contribution in [-0.2, 0) is 16.0 Å². The Balaban J connectivity index is 1.58. The highest BCUT2D eigenvalue weighted by Crippen LogP contribution is 2.26. The van der Waals surface area contributed by atoms with Gasteiger partial charge in [-0.05, 0) is 17.7 Å². The number of hydrogen-bond acceptors (Lipinski definition) is 5. The quantitative estimate of drug-likeness (QED) is 0.337. The molecule has 0 radical (unpaired) electrons. The monoisotopic (exact) mass is 413 g/mol. The summed E-state index contributed by atoms with van der Waals surface area (Å²) in [6.45, 7) is -0.475. The number of esters is 1. The number of imide groups is 1. The van der Waals surface area contributed by atoms with Gasteiger partial charge < -0.3 is 4.74 Å². The molecule has 1 heterocycles. The molecule has 2 amide bonds. The fourth-order valence-corrected chi connectivity index (χ4v) is 3.55. The third kappa shape index (κ3) is 4.14. The van der Waals surface area contributed by atoms with Crippen molar-refractivity contribution in [1.29, 1.82) is 0 Å². The molecule has 0 aliphatic carbocycles. The second-order valence-electron chi connectivity index (χ2n) is 7.13. The van der Waals surface area contributed by atoms with E-state index in [0.29, 0.717) is 5.56 Å². The molecule has 0 fully saturated rings. The Kier molecular flexibility index (Phi) is 5.71. The molecule has 0 aromatic heterocycles. The lowest BCUT2D eigenvalue weighted by molar-refractivity contribution is -0.147. The first-order chi connectivity index (χ1) is 15.1. The fourth-order valence-electron chi connectivity index (χ4n) is 3.55. The average Bonchev–Trinajstić information content (AvgIpc) is 3.07. The topological polar surface area (TPSA) is 80.8 Å². The Labute approximate surface area is 179 Å². The van der Waals surface area contributed by atoms with Crippen LogP contribution in [0.1, 0.15) is 36.6 Å². The highest BCUT2D eigenvalue weighted by atomic mass is 16.5. The van der Waals surface area contributed by atoms with Crippen molar-refractivity contribution in [3.8, 4) is 0 Å². The van der Waals surface area contributed by atoms with Crippen LogP contribution >= 0.6 is 0 Å². The Morgan fingerprint density at radius 2 is 1.26 bits per heavy atom. The summed E-state index contributed by atoms with van der Waals surface area (Å²) in [5, 5.41) is 0. The van der Waals surface area contributed by atoms with Crippen molar-refractivity contribution in [3.05, 3.63) is 107 Å². The maximum atomic E-state index is 13.0.